The van der Waals surface area contributed by atoms with Gasteiger partial charge in [0, 0.05) is 22.4 Å². The van der Waals surface area contributed by atoms with E-state index >= 15 is 0 Å². The second-order valence-corrected chi connectivity index (χ2v) is 3.22. The summed E-state index contributed by atoms with van der Waals surface area (Å²) in [5, 5.41) is 0. The van der Waals surface area contributed by atoms with Gasteiger partial charge in [0.2, 0.25) is 0 Å². The van der Waals surface area contributed by atoms with Crippen LogP contribution in [-0.2, 0) is 14.3 Å². The van der Waals surface area contributed by atoms with Gasteiger partial charge in [-0.25, -0.2) is 9.59 Å². The van der Waals surface area contributed by atoms with Crippen molar-refractivity contribution >= 4 is 22.2 Å². The molecule has 14 heavy (non-hydrogen) atoms. The molecule has 0 saturated carbocycles. The molecule has 0 atom stereocenters. The molecule has 80 valence electrons. The first-order valence-electron chi connectivity index (χ1n) is 4.34. The van der Waals surface area contributed by atoms with Gasteiger partial charge in [0.05, 0.1) is 0 Å². The number of esters is 2. The van der Waals surface area contributed by atoms with Gasteiger partial charge in [0.1, 0.15) is 0 Å². The van der Waals surface area contributed by atoms with Gasteiger partial charge >= 0.3 is 11.9 Å². The van der Waals surface area contributed by atoms with E-state index in [2.05, 4.69) is 17.9 Å². The standard InChI is InChI=1S/C4H2O3.C3H11NSi.C2H4/c5-3-1-2-4(6)7-3;4-2-1-3-5;1-2/h1-2H;1-4H2,5H3;1-2H2. The van der Waals surface area contributed by atoms with Gasteiger partial charge in [-0.3, -0.25) is 0 Å². The van der Waals surface area contributed by atoms with Gasteiger partial charge < -0.3 is 10.5 Å². The van der Waals surface area contributed by atoms with Crippen molar-refractivity contribution in [2.24, 2.45) is 5.73 Å². The number of cyclic esters (lactones) is 2. The lowest BCUT2D eigenvalue weighted by molar-refractivity contribution is -0.150. The molecule has 4 nitrogen and oxygen atoms in total. The van der Waals surface area contributed by atoms with E-state index in [0.29, 0.717) is 0 Å². The topological polar surface area (TPSA) is 69.4 Å². The number of carbonyl (C=O) groups excluding carboxylic acids is 2. The molecule has 0 fully saturated rings. The highest BCUT2D eigenvalue weighted by Gasteiger charge is 2.10. The molecule has 1 heterocycles. The van der Waals surface area contributed by atoms with Crippen molar-refractivity contribution in [3.05, 3.63) is 25.3 Å². The molecule has 0 aromatic rings. The average molecular weight is 215 g/mol. The van der Waals surface area contributed by atoms with Crippen LogP contribution < -0.4 is 5.73 Å². The third kappa shape index (κ3) is 10.8. The Morgan fingerprint density at radius 2 is 1.71 bits per heavy atom. The van der Waals surface area contributed by atoms with Crippen LogP contribution in [-0.4, -0.2) is 28.7 Å². The Morgan fingerprint density at radius 1 is 1.29 bits per heavy atom. The lowest BCUT2D eigenvalue weighted by Gasteiger charge is -1.80. The fourth-order valence-corrected chi connectivity index (χ4v) is 0.916. The number of nitrogens with two attached hydrogens (primary N) is 1. The highest BCUT2D eigenvalue weighted by molar-refractivity contribution is 6.08. The van der Waals surface area contributed by atoms with Crippen LogP contribution in [0.1, 0.15) is 6.42 Å². The minimum absolute atomic E-state index is 0.579. The predicted molar refractivity (Wildman–Crippen MR) is 59.9 cm³/mol. The normalized spacial score (nSPS) is 12.4. The minimum atomic E-state index is -0.579. The van der Waals surface area contributed by atoms with E-state index < -0.39 is 11.9 Å². The summed E-state index contributed by atoms with van der Waals surface area (Å²) in [4.78, 5) is 19.8. The van der Waals surface area contributed by atoms with Gasteiger partial charge in [-0.15, -0.1) is 13.2 Å². The minimum Gasteiger partial charge on any atom is -0.387 e. The van der Waals surface area contributed by atoms with Gasteiger partial charge in [0.15, 0.2) is 0 Å². The molecule has 0 bridgehead atoms. The Labute approximate surface area is 87.2 Å². The van der Waals surface area contributed by atoms with Crippen LogP contribution in [0.5, 0.6) is 0 Å². The van der Waals surface area contributed by atoms with E-state index in [1.54, 1.807) is 0 Å². The molecule has 0 amide bonds. The van der Waals surface area contributed by atoms with Crippen molar-refractivity contribution in [2.75, 3.05) is 6.54 Å². The van der Waals surface area contributed by atoms with Crippen molar-refractivity contribution in [3.8, 4) is 0 Å². The maximum absolute atomic E-state index is 9.92. The molecule has 0 spiro atoms. The Bertz CT molecular complexity index is 186. The number of ether oxygens (including phenoxy) is 1. The van der Waals surface area contributed by atoms with Crippen molar-refractivity contribution in [3.63, 3.8) is 0 Å². The molecule has 1 rings (SSSR count). The van der Waals surface area contributed by atoms with Crippen LogP contribution in [0.4, 0.5) is 0 Å². The molecule has 0 radical (unpaired) electrons. The Hall–Kier alpha value is -1.20. The van der Waals surface area contributed by atoms with Crippen molar-refractivity contribution in [1.29, 1.82) is 0 Å². The Balaban J connectivity index is 0. The number of hydrogen-bond donors (Lipinski definition) is 1. The molecule has 0 aliphatic carbocycles. The van der Waals surface area contributed by atoms with Crippen LogP contribution in [0.25, 0.3) is 0 Å². The second-order valence-electron chi connectivity index (χ2n) is 2.22. The van der Waals surface area contributed by atoms with E-state index in [9.17, 15) is 9.59 Å². The predicted octanol–water partition coefficient (Wildman–Crippen LogP) is -0.453. The second kappa shape index (κ2) is 11.8. The van der Waals surface area contributed by atoms with E-state index in [0.717, 1.165) is 18.7 Å². The first kappa shape index (κ1) is 15.3. The molecule has 0 unspecified atom stereocenters. The van der Waals surface area contributed by atoms with Crippen molar-refractivity contribution in [2.45, 2.75) is 12.5 Å². The summed E-state index contributed by atoms with van der Waals surface area (Å²) >= 11 is 0. The first-order chi connectivity index (χ1) is 6.70. The zero-order chi connectivity index (χ0) is 11.4. The molecule has 2 N–H and O–H groups in total. The van der Waals surface area contributed by atoms with E-state index in [1.807, 2.05) is 0 Å². The summed E-state index contributed by atoms with van der Waals surface area (Å²) in [6.07, 6.45) is 3.40. The van der Waals surface area contributed by atoms with E-state index in [4.69, 9.17) is 5.73 Å². The van der Waals surface area contributed by atoms with Gasteiger partial charge in [-0.1, -0.05) is 6.04 Å². The molecule has 1 aliphatic heterocycles. The molecule has 1 aliphatic rings. The fraction of sp³-hybridized carbons (Fsp3) is 0.333. The lowest BCUT2D eigenvalue weighted by atomic mass is 10.5. The van der Waals surface area contributed by atoms with Crippen LogP contribution in [0.15, 0.2) is 25.3 Å². The summed E-state index contributed by atoms with van der Waals surface area (Å²) in [6, 6.07) is 1.36. The smallest absolute Gasteiger partial charge is 0.338 e. The summed E-state index contributed by atoms with van der Waals surface area (Å²) in [7, 11) is 1.32. The zero-order valence-electron chi connectivity index (χ0n) is 8.49. The molecule has 0 aromatic heterocycles. The molecular formula is C9H17NO3Si. The summed E-state index contributed by atoms with van der Waals surface area (Å²) < 4.78 is 3.97. The number of carbonyl (C=O) groups is 2. The highest BCUT2D eigenvalue weighted by Crippen LogP contribution is 1.92. The summed E-state index contributed by atoms with van der Waals surface area (Å²) in [6.45, 7) is 6.88. The number of rotatable bonds is 2. The number of hydrogen-bond acceptors (Lipinski definition) is 4. The molecule has 5 heteroatoms. The van der Waals surface area contributed by atoms with Gasteiger partial charge in [-0.05, 0) is 13.0 Å². The fourth-order valence-electron chi connectivity index (χ4n) is 0.507. The van der Waals surface area contributed by atoms with Gasteiger partial charge in [0.25, 0.3) is 0 Å². The quantitative estimate of drug-likeness (QED) is 0.293. The van der Waals surface area contributed by atoms with Gasteiger partial charge in [-0.2, -0.15) is 0 Å². The van der Waals surface area contributed by atoms with E-state index in [1.165, 1.54) is 22.7 Å². The Morgan fingerprint density at radius 3 is 1.79 bits per heavy atom. The summed E-state index contributed by atoms with van der Waals surface area (Å²) in [5.41, 5.74) is 5.16. The third-order valence-corrected chi connectivity index (χ3v) is 1.82. The molecule has 0 aromatic carbocycles. The maximum Gasteiger partial charge on any atom is 0.338 e. The van der Waals surface area contributed by atoms with Crippen molar-refractivity contribution < 1.29 is 14.3 Å². The lowest BCUT2D eigenvalue weighted by Crippen LogP contribution is -1.96. The monoisotopic (exact) mass is 215 g/mol. The molecular weight excluding hydrogens is 198 g/mol. The van der Waals surface area contributed by atoms with Crippen LogP contribution in [0.3, 0.4) is 0 Å². The SMILES string of the molecule is C=C.NCCC[SiH3].O=C1C=CC(=O)O1. The zero-order valence-corrected chi connectivity index (χ0v) is 10.5. The largest absolute Gasteiger partial charge is 0.387 e. The third-order valence-electron chi connectivity index (χ3n) is 1.11. The van der Waals surface area contributed by atoms with Crippen LogP contribution >= 0.6 is 0 Å². The average Bonchev–Trinajstić information content (AvgIpc) is 2.56. The first-order valence-corrected chi connectivity index (χ1v) is 5.76. The summed E-state index contributed by atoms with van der Waals surface area (Å²) in [5.74, 6) is -1.16. The van der Waals surface area contributed by atoms with Crippen molar-refractivity contribution in [1.82, 2.24) is 0 Å². The Kier molecular flexibility index (Phi) is 12.9. The van der Waals surface area contributed by atoms with Crippen LogP contribution in [0.2, 0.25) is 6.04 Å². The van der Waals surface area contributed by atoms with Crippen LogP contribution in [0, 0.1) is 0 Å². The highest BCUT2D eigenvalue weighted by atomic mass is 28.1. The maximum atomic E-state index is 9.92. The van der Waals surface area contributed by atoms with E-state index in [-0.39, 0.29) is 0 Å². The molecule has 0 saturated heterocycles.